The zero-order valence-electron chi connectivity index (χ0n) is 4.65. The molecule has 0 saturated heterocycles. The van der Waals surface area contributed by atoms with Gasteiger partial charge in [0.05, 0.1) is 0 Å². The van der Waals surface area contributed by atoms with Crippen molar-refractivity contribution in [2.75, 3.05) is 0 Å². The largest absolute Gasteiger partial charge is 0.619 e. The van der Waals surface area contributed by atoms with E-state index in [0.717, 1.165) is 0 Å². The predicted molar refractivity (Wildman–Crippen MR) is 30.2 cm³/mol. The van der Waals surface area contributed by atoms with E-state index in [9.17, 15) is 5.21 Å². The van der Waals surface area contributed by atoms with E-state index in [2.05, 4.69) is 4.84 Å². The Hall–Kier alpha value is -1.29. The van der Waals surface area contributed by atoms with Crippen LogP contribution in [0.5, 0.6) is 5.75 Å². The minimum absolute atomic E-state index is 0.474. The van der Waals surface area contributed by atoms with Crippen molar-refractivity contribution in [2.45, 2.75) is 0 Å². The van der Waals surface area contributed by atoms with Crippen molar-refractivity contribution in [1.82, 2.24) is 0 Å². The van der Waals surface area contributed by atoms with Gasteiger partial charge in [-0.2, -0.15) is 10.6 Å². The summed E-state index contributed by atoms with van der Waals surface area (Å²) in [5, 5.41) is 10.4. The molecule has 1 rings (SSSR count). The molecule has 0 amide bonds. The van der Waals surface area contributed by atoms with Crippen LogP contribution >= 0.6 is 0 Å². The quantitative estimate of drug-likeness (QED) is 0.315. The molecule has 4 nitrogen and oxygen atoms in total. The third-order valence-electron chi connectivity index (χ3n) is 0.908. The maximum absolute atomic E-state index is 10.4. The summed E-state index contributed by atoms with van der Waals surface area (Å²) in [6, 6.07) is 2.96. The van der Waals surface area contributed by atoms with Crippen LogP contribution in [0.3, 0.4) is 0 Å². The normalized spacial score (nSPS) is 9.00. The number of nitrogens with zero attached hydrogens (tertiary/aromatic N) is 1. The summed E-state index contributed by atoms with van der Waals surface area (Å²) in [7, 11) is 0. The van der Waals surface area contributed by atoms with Gasteiger partial charge in [0.2, 0.25) is 0 Å². The Morgan fingerprint density at radius 3 is 2.44 bits per heavy atom. The van der Waals surface area contributed by atoms with Crippen molar-refractivity contribution in [1.29, 1.82) is 0 Å². The number of pyridine rings is 1. The number of aromatic nitrogens is 1. The summed E-state index contributed by atoms with van der Waals surface area (Å²) >= 11 is 0. The zero-order valence-corrected chi connectivity index (χ0v) is 4.65. The Morgan fingerprint density at radius 2 is 2.00 bits per heavy atom. The predicted octanol–water partition coefficient (Wildman–Crippen LogP) is -0.428. The summed E-state index contributed by atoms with van der Waals surface area (Å²) in [4.78, 5) is 4.32. The van der Waals surface area contributed by atoms with Crippen molar-refractivity contribution < 1.29 is 9.57 Å². The van der Waals surface area contributed by atoms with E-state index in [1.807, 2.05) is 0 Å². The first-order valence-electron chi connectivity index (χ1n) is 2.38. The molecule has 0 aliphatic carbocycles. The average Bonchev–Trinajstić information content (AvgIpc) is 1.90. The summed E-state index contributed by atoms with van der Waals surface area (Å²) in [5.74, 6) is 5.26. The lowest BCUT2D eigenvalue weighted by molar-refractivity contribution is -0.605. The van der Waals surface area contributed by atoms with Crippen molar-refractivity contribution in [3.8, 4) is 5.75 Å². The van der Waals surface area contributed by atoms with Gasteiger partial charge in [0.25, 0.3) is 0 Å². The minimum atomic E-state index is 0.474. The van der Waals surface area contributed by atoms with Gasteiger partial charge < -0.3 is 10.0 Å². The van der Waals surface area contributed by atoms with Gasteiger partial charge in [0.15, 0.2) is 18.1 Å². The first kappa shape index (κ1) is 5.84. The van der Waals surface area contributed by atoms with Crippen LogP contribution in [-0.2, 0) is 0 Å². The summed E-state index contributed by atoms with van der Waals surface area (Å²) in [6.07, 6.45) is 2.62. The maximum Gasteiger partial charge on any atom is 0.184 e. The standard InChI is InChI=1S/C5H6N2O2/c6-9-5-1-3-7(8)4-2-5/h1-4H,6H2. The lowest BCUT2D eigenvalue weighted by Gasteiger charge is -1.95. The van der Waals surface area contributed by atoms with Crippen molar-refractivity contribution in [2.24, 2.45) is 5.90 Å². The molecule has 0 aliphatic heterocycles. The minimum Gasteiger partial charge on any atom is -0.619 e. The number of hydrogen-bond acceptors (Lipinski definition) is 3. The zero-order chi connectivity index (χ0) is 6.69. The highest BCUT2D eigenvalue weighted by Crippen LogP contribution is 2.01. The molecular weight excluding hydrogens is 120 g/mol. The number of hydrogen-bond donors (Lipinski definition) is 1. The van der Waals surface area contributed by atoms with E-state index in [0.29, 0.717) is 10.5 Å². The third-order valence-corrected chi connectivity index (χ3v) is 0.908. The highest BCUT2D eigenvalue weighted by Gasteiger charge is 1.90. The molecule has 0 atom stereocenters. The number of nitrogens with two attached hydrogens (primary N) is 1. The van der Waals surface area contributed by atoms with E-state index in [-0.39, 0.29) is 0 Å². The van der Waals surface area contributed by atoms with E-state index >= 15 is 0 Å². The molecule has 1 aromatic rings. The molecular formula is C5H6N2O2. The second-order valence-electron chi connectivity index (χ2n) is 1.51. The van der Waals surface area contributed by atoms with Gasteiger partial charge in [-0.25, -0.2) is 0 Å². The first-order chi connectivity index (χ1) is 4.33. The fourth-order valence-corrected chi connectivity index (χ4v) is 0.478. The van der Waals surface area contributed by atoms with Crippen LogP contribution in [0.1, 0.15) is 0 Å². The fourth-order valence-electron chi connectivity index (χ4n) is 0.478. The molecule has 0 aromatic carbocycles. The molecule has 0 fully saturated rings. The monoisotopic (exact) mass is 126 g/mol. The Morgan fingerprint density at radius 1 is 1.44 bits per heavy atom. The van der Waals surface area contributed by atoms with Crippen molar-refractivity contribution >= 4 is 0 Å². The first-order valence-corrected chi connectivity index (χ1v) is 2.38. The molecule has 0 radical (unpaired) electrons. The molecule has 1 aromatic heterocycles. The second kappa shape index (κ2) is 2.32. The van der Waals surface area contributed by atoms with Crippen LogP contribution < -0.4 is 15.5 Å². The molecule has 0 unspecified atom stereocenters. The Kier molecular flexibility index (Phi) is 1.51. The summed E-state index contributed by atoms with van der Waals surface area (Å²) in [5.41, 5.74) is 0. The van der Waals surface area contributed by atoms with Gasteiger partial charge in [-0.15, -0.1) is 0 Å². The van der Waals surface area contributed by atoms with E-state index in [4.69, 9.17) is 5.90 Å². The summed E-state index contributed by atoms with van der Waals surface area (Å²) in [6.45, 7) is 0. The van der Waals surface area contributed by atoms with Gasteiger partial charge in [0, 0.05) is 12.1 Å². The molecule has 0 spiro atoms. The van der Waals surface area contributed by atoms with E-state index in [1.54, 1.807) is 0 Å². The second-order valence-corrected chi connectivity index (χ2v) is 1.51. The lowest BCUT2D eigenvalue weighted by atomic mass is 10.5. The Labute approximate surface area is 52.0 Å². The lowest BCUT2D eigenvalue weighted by Crippen LogP contribution is -2.23. The Bertz CT molecular complexity index is 185. The van der Waals surface area contributed by atoms with Crippen molar-refractivity contribution in [3.05, 3.63) is 29.7 Å². The third kappa shape index (κ3) is 1.30. The molecule has 2 N–H and O–H groups in total. The SMILES string of the molecule is NOc1cc[n+]([O-])cc1. The van der Waals surface area contributed by atoms with Crippen LogP contribution in [0, 0.1) is 5.21 Å². The maximum atomic E-state index is 10.4. The molecule has 9 heavy (non-hydrogen) atoms. The van der Waals surface area contributed by atoms with Crippen LogP contribution in [-0.4, -0.2) is 0 Å². The van der Waals surface area contributed by atoms with Gasteiger partial charge in [-0.1, -0.05) is 0 Å². The number of rotatable bonds is 1. The highest BCUT2D eigenvalue weighted by atomic mass is 16.6. The molecule has 4 heteroatoms. The molecule has 48 valence electrons. The van der Waals surface area contributed by atoms with Crippen LogP contribution in [0.2, 0.25) is 0 Å². The average molecular weight is 126 g/mol. The highest BCUT2D eigenvalue weighted by molar-refractivity contribution is 5.13. The topological polar surface area (TPSA) is 62.2 Å². The van der Waals surface area contributed by atoms with Gasteiger partial charge in [-0.3, -0.25) is 0 Å². The molecule has 0 aliphatic rings. The van der Waals surface area contributed by atoms with Crippen LogP contribution in [0.25, 0.3) is 0 Å². The van der Waals surface area contributed by atoms with Gasteiger partial charge in [-0.05, 0) is 0 Å². The fraction of sp³-hybridized carbons (Fsp3) is 0. The van der Waals surface area contributed by atoms with Crippen LogP contribution in [0.15, 0.2) is 24.5 Å². The summed E-state index contributed by atoms with van der Waals surface area (Å²) < 4.78 is 0.655. The molecule has 0 saturated carbocycles. The molecule has 1 heterocycles. The van der Waals surface area contributed by atoms with Crippen LogP contribution in [0.4, 0.5) is 0 Å². The van der Waals surface area contributed by atoms with Crippen molar-refractivity contribution in [3.63, 3.8) is 0 Å². The molecule has 0 bridgehead atoms. The van der Waals surface area contributed by atoms with Gasteiger partial charge >= 0.3 is 0 Å². The van der Waals surface area contributed by atoms with E-state index < -0.39 is 0 Å². The Balaban J connectivity index is 2.88. The van der Waals surface area contributed by atoms with Gasteiger partial charge in [0.1, 0.15) is 0 Å². The van der Waals surface area contributed by atoms with E-state index in [1.165, 1.54) is 24.5 Å². The smallest absolute Gasteiger partial charge is 0.184 e.